The van der Waals surface area contributed by atoms with Crippen LogP contribution in [0.1, 0.15) is 18.6 Å². The van der Waals surface area contributed by atoms with Crippen LogP contribution in [0.5, 0.6) is 0 Å². The van der Waals surface area contributed by atoms with E-state index in [0.29, 0.717) is 0 Å². The molecule has 0 unspecified atom stereocenters. The molecule has 1 aliphatic heterocycles. The molecule has 0 amide bonds. The fraction of sp³-hybridized carbons (Fsp3) is 0.286. The summed E-state index contributed by atoms with van der Waals surface area (Å²) in [4.78, 5) is 2.27. The van der Waals surface area contributed by atoms with Gasteiger partial charge in [0, 0.05) is 19.0 Å². The number of para-hydroxylation sites is 1. The van der Waals surface area contributed by atoms with Crippen molar-refractivity contribution >= 4 is 16.7 Å². The molecule has 2 nitrogen and oxygen atoms in total. The van der Waals surface area contributed by atoms with E-state index in [9.17, 15) is 0 Å². The summed E-state index contributed by atoms with van der Waals surface area (Å²) < 4.78 is 5.87. The third-order valence-electron chi connectivity index (χ3n) is 3.12. The largest absolute Gasteiger partial charge is 0.455 e. The van der Waals surface area contributed by atoms with Gasteiger partial charge in [-0.05, 0) is 25.0 Å². The number of nitrogens with zero attached hydrogens (tertiary/aromatic N) is 1. The summed E-state index contributed by atoms with van der Waals surface area (Å²) in [6.45, 7) is 1.11. The Kier molecular flexibility index (Phi) is 2.21. The lowest BCUT2D eigenvalue weighted by molar-refractivity contribution is 0.431. The molecule has 0 aliphatic carbocycles. The zero-order valence-electron chi connectivity index (χ0n) is 9.44. The third-order valence-corrected chi connectivity index (χ3v) is 3.12. The van der Waals surface area contributed by atoms with Crippen LogP contribution >= 0.6 is 0 Å². The number of fused-ring (bicyclic) bond motifs is 1. The first-order valence-corrected chi connectivity index (χ1v) is 5.75. The number of hydrogen-bond donors (Lipinski definition) is 0. The van der Waals surface area contributed by atoms with Crippen LogP contribution < -0.4 is 0 Å². The van der Waals surface area contributed by atoms with Gasteiger partial charge in [-0.3, -0.25) is 0 Å². The minimum absolute atomic E-state index is 0.970. The summed E-state index contributed by atoms with van der Waals surface area (Å²) in [7, 11) is 2.12. The molecule has 0 saturated heterocycles. The zero-order valence-corrected chi connectivity index (χ0v) is 9.44. The summed E-state index contributed by atoms with van der Waals surface area (Å²) in [5.74, 6) is 0.989. The quantitative estimate of drug-likeness (QED) is 0.720. The SMILES string of the molecule is CN1CCCC=C1c1cc2ccccc2o1. The maximum atomic E-state index is 5.87. The van der Waals surface area contributed by atoms with Crippen LogP contribution in [0.15, 0.2) is 40.8 Å². The molecular weight excluding hydrogens is 198 g/mol. The van der Waals surface area contributed by atoms with Crippen molar-refractivity contribution in [3.63, 3.8) is 0 Å². The van der Waals surface area contributed by atoms with E-state index in [-0.39, 0.29) is 0 Å². The molecule has 0 saturated carbocycles. The van der Waals surface area contributed by atoms with Crippen molar-refractivity contribution in [2.45, 2.75) is 12.8 Å². The highest BCUT2D eigenvalue weighted by atomic mass is 16.3. The second kappa shape index (κ2) is 3.71. The standard InChI is InChI=1S/C14H15NO/c1-15-9-5-4-7-12(15)14-10-11-6-2-3-8-13(11)16-14/h2-3,6-8,10H,4-5,9H2,1H3. The molecule has 16 heavy (non-hydrogen) atoms. The zero-order chi connectivity index (χ0) is 11.0. The van der Waals surface area contributed by atoms with Crippen LogP contribution in [0.25, 0.3) is 16.7 Å². The molecule has 3 rings (SSSR count). The van der Waals surface area contributed by atoms with Gasteiger partial charge < -0.3 is 9.32 Å². The lowest BCUT2D eigenvalue weighted by atomic mass is 10.1. The van der Waals surface area contributed by atoms with Gasteiger partial charge in [-0.2, -0.15) is 0 Å². The monoisotopic (exact) mass is 213 g/mol. The minimum atomic E-state index is 0.970. The van der Waals surface area contributed by atoms with Gasteiger partial charge in [-0.15, -0.1) is 0 Å². The first-order valence-electron chi connectivity index (χ1n) is 5.75. The fourth-order valence-electron chi connectivity index (χ4n) is 2.24. The van der Waals surface area contributed by atoms with Crippen molar-refractivity contribution < 1.29 is 4.42 Å². The van der Waals surface area contributed by atoms with E-state index >= 15 is 0 Å². The van der Waals surface area contributed by atoms with Crippen LogP contribution in [0, 0.1) is 0 Å². The van der Waals surface area contributed by atoms with E-state index in [1.165, 1.54) is 17.5 Å². The molecular formula is C14H15NO. The fourth-order valence-corrected chi connectivity index (χ4v) is 2.24. The molecule has 0 atom stereocenters. The van der Waals surface area contributed by atoms with Crippen molar-refractivity contribution in [2.24, 2.45) is 0 Å². The number of rotatable bonds is 1. The minimum Gasteiger partial charge on any atom is -0.455 e. The highest BCUT2D eigenvalue weighted by Crippen LogP contribution is 2.28. The van der Waals surface area contributed by atoms with Gasteiger partial charge in [-0.25, -0.2) is 0 Å². The van der Waals surface area contributed by atoms with E-state index in [4.69, 9.17) is 4.42 Å². The van der Waals surface area contributed by atoms with E-state index in [0.717, 1.165) is 24.3 Å². The summed E-state index contributed by atoms with van der Waals surface area (Å²) in [5.41, 5.74) is 2.19. The smallest absolute Gasteiger partial charge is 0.151 e. The van der Waals surface area contributed by atoms with E-state index in [1.807, 2.05) is 18.2 Å². The normalized spacial score (nSPS) is 16.6. The van der Waals surface area contributed by atoms with Crippen molar-refractivity contribution in [1.29, 1.82) is 0 Å². The molecule has 2 heteroatoms. The Morgan fingerprint density at radius 3 is 2.94 bits per heavy atom. The highest BCUT2D eigenvalue weighted by molar-refractivity contribution is 5.81. The first kappa shape index (κ1) is 9.52. The second-order valence-electron chi connectivity index (χ2n) is 4.30. The molecule has 1 aromatic carbocycles. The molecule has 0 spiro atoms. The number of furan rings is 1. The third kappa shape index (κ3) is 1.51. The summed E-state index contributed by atoms with van der Waals surface area (Å²) >= 11 is 0. The van der Waals surface area contributed by atoms with E-state index in [2.05, 4.69) is 30.2 Å². The molecule has 2 heterocycles. The average molecular weight is 213 g/mol. The maximum Gasteiger partial charge on any atom is 0.151 e. The molecule has 0 radical (unpaired) electrons. The molecule has 0 N–H and O–H groups in total. The van der Waals surface area contributed by atoms with Gasteiger partial charge in [-0.1, -0.05) is 24.3 Å². The predicted molar refractivity (Wildman–Crippen MR) is 66.1 cm³/mol. The van der Waals surface area contributed by atoms with Gasteiger partial charge in [0.2, 0.25) is 0 Å². The lowest BCUT2D eigenvalue weighted by Crippen LogP contribution is -2.20. The van der Waals surface area contributed by atoms with Crippen molar-refractivity contribution in [2.75, 3.05) is 13.6 Å². The summed E-state index contributed by atoms with van der Waals surface area (Å²) in [6, 6.07) is 10.3. The maximum absolute atomic E-state index is 5.87. The Bertz CT molecular complexity index is 505. The van der Waals surface area contributed by atoms with Gasteiger partial charge in [0.1, 0.15) is 5.58 Å². The molecule has 1 aliphatic rings. The number of benzene rings is 1. The molecule has 0 bridgehead atoms. The van der Waals surface area contributed by atoms with Gasteiger partial charge in [0.05, 0.1) is 5.70 Å². The topological polar surface area (TPSA) is 16.4 Å². The highest BCUT2D eigenvalue weighted by Gasteiger charge is 2.15. The van der Waals surface area contributed by atoms with Crippen molar-refractivity contribution in [3.8, 4) is 0 Å². The van der Waals surface area contributed by atoms with Crippen molar-refractivity contribution in [3.05, 3.63) is 42.2 Å². The molecule has 2 aromatic rings. The lowest BCUT2D eigenvalue weighted by Gasteiger charge is -2.24. The molecule has 1 aromatic heterocycles. The Hall–Kier alpha value is -1.70. The van der Waals surface area contributed by atoms with Crippen LogP contribution in [0.2, 0.25) is 0 Å². The van der Waals surface area contributed by atoms with Crippen LogP contribution in [0.4, 0.5) is 0 Å². The Morgan fingerprint density at radius 2 is 2.12 bits per heavy atom. The number of hydrogen-bond acceptors (Lipinski definition) is 2. The molecule has 0 fully saturated rings. The first-order chi connectivity index (χ1) is 7.84. The van der Waals surface area contributed by atoms with E-state index in [1.54, 1.807) is 0 Å². The molecule has 82 valence electrons. The Morgan fingerprint density at radius 1 is 1.25 bits per heavy atom. The second-order valence-corrected chi connectivity index (χ2v) is 4.30. The Balaban J connectivity index is 2.08. The van der Waals surface area contributed by atoms with Gasteiger partial charge in [0.25, 0.3) is 0 Å². The van der Waals surface area contributed by atoms with Crippen LogP contribution in [-0.4, -0.2) is 18.5 Å². The van der Waals surface area contributed by atoms with Crippen LogP contribution in [-0.2, 0) is 0 Å². The summed E-state index contributed by atoms with van der Waals surface area (Å²) in [5, 5.41) is 1.18. The predicted octanol–water partition coefficient (Wildman–Crippen LogP) is 3.50. The van der Waals surface area contributed by atoms with Crippen LogP contribution in [0.3, 0.4) is 0 Å². The van der Waals surface area contributed by atoms with Gasteiger partial charge in [0.15, 0.2) is 5.76 Å². The average Bonchev–Trinajstić information content (AvgIpc) is 2.73. The van der Waals surface area contributed by atoms with E-state index < -0.39 is 0 Å². The summed E-state index contributed by atoms with van der Waals surface area (Å²) in [6.07, 6.45) is 4.65. The number of allylic oxidation sites excluding steroid dienone is 1. The van der Waals surface area contributed by atoms with Crippen molar-refractivity contribution in [1.82, 2.24) is 4.90 Å². The Labute approximate surface area is 95.2 Å². The van der Waals surface area contributed by atoms with Gasteiger partial charge >= 0.3 is 0 Å².